The van der Waals surface area contributed by atoms with Crippen LogP contribution in [-0.2, 0) is 6.54 Å². The molecule has 0 radical (unpaired) electrons. The molecule has 0 aromatic heterocycles. The number of benzene rings is 3. The summed E-state index contributed by atoms with van der Waals surface area (Å²) in [5.74, 6) is 0. The Bertz CT molecular complexity index is 908. The Morgan fingerprint density at radius 2 is 1.33 bits per heavy atom. The van der Waals surface area contributed by atoms with Crippen LogP contribution in [0.1, 0.15) is 30.5 Å². The van der Waals surface area contributed by atoms with Crippen LogP contribution < -0.4 is 10.7 Å². The lowest BCUT2D eigenvalue weighted by Crippen LogP contribution is -2.26. The van der Waals surface area contributed by atoms with Crippen molar-refractivity contribution in [3.8, 4) is 0 Å². The molecule has 3 aromatic carbocycles. The van der Waals surface area contributed by atoms with Gasteiger partial charge in [0.15, 0.2) is 0 Å². The van der Waals surface area contributed by atoms with Crippen LogP contribution in [0.4, 0.5) is 10.5 Å². The summed E-state index contributed by atoms with van der Waals surface area (Å²) in [6.07, 6.45) is 0. The number of rotatable bonds is 8. The van der Waals surface area contributed by atoms with E-state index < -0.39 is 0 Å². The third-order valence-corrected chi connectivity index (χ3v) is 4.88. The van der Waals surface area contributed by atoms with E-state index in [4.69, 9.17) is 0 Å². The van der Waals surface area contributed by atoms with Crippen molar-refractivity contribution in [3.05, 3.63) is 102 Å². The lowest BCUT2D eigenvalue weighted by atomic mass is 10.0. The van der Waals surface area contributed by atoms with E-state index >= 15 is 0 Å². The Hall–Kier alpha value is -3.44. The lowest BCUT2D eigenvalue weighted by molar-refractivity contribution is 0.252. The minimum absolute atomic E-state index is 0.379. The maximum atomic E-state index is 12.4. The zero-order valence-electron chi connectivity index (χ0n) is 17.5. The number of hydrogen-bond acceptors (Lipinski definition) is 3. The highest BCUT2D eigenvalue weighted by atomic mass is 16.2. The summed E-state index contributed by atoms with van der Waals surface area (Å²) in [5.41, 5.74) is 7.15. The first-order valence-corrected chi connectivity index (χ1v) is 10.3. The normalized spacial score (nSPS) is 10.5. The van der Waals surface area contributed by atoms with Gasteiger partial charge in [-0.05, 0) is 30.8 Å². The van der Waals surface area contributed by atoms with Crippen LogP contribution in [0, 0.1) is 0 Å². The largest absolute Gasteiger partial charge is 0.339 e. The molecule has 0 spiro atoms. The first-order chi connectivity index (χ1) is 14.7. The van der Waals surface area contributed by atoms with Gasteiger partial charge in [-0.3, -0.25) is 4.90 Å². The fraction of sp³-hybridized carbons (Fsp3) is 0.200. The van der Waals surface area contributed by atoms with E-state index in [0.29, 0.717) is 5.71 Å². The first-order valence-electron chi connectivity index (χ1n) is 10.3. The predicted octanol–water partition coefficient (Wildman–Crippen LogP) is 5.10. The molecular formula is C25H28N4O. The van der Waals surface area contributed by atoms with E-state index in [1.165, 1.54) is 5.56 Å². The monoisotopic (exact) mass is 400 g/mol. The molecule has 0 atom stereocenters. The molecule has 0 aliphatic heterocycles. The molecule has 0 fully saturated rings. The summed E-state index contributed by atoms with van der Waals surface area (Å²) in [6, 6.07) is 27.1. The van der Waals surface area contributed by atoms with E-state index in [2.05, 4.69) is 34.6 Å². The van der Waals surface area contributed by atoms with Gasteiger partial charge in [0, 0.05) is 23.4 Å². The van der Waals surface area contributed by atoms with Gasteiger partial charge in [-0.25, -0.2) is 10.2 Å². The smallest absolute Gasteiger partial charge is 0.307 e. The number of carbonyl (C=O) groups excluding carboxylic acids is 1. The fourth-order valence-electron chi connectivity index (χ4n) is 3.15. The average Bonchev–Trinajstić information content (AvgIpc) is 2.80. The lowest BCUT2D eigenvalue weighted by Gasteiger charge is -2.18. The van der Waals surface area contributed by atoms with Crippen LogP contribution in [0.2, 0.25) is 0 Å². The number of carbonyl (C=O) groups is 1. The van der Waals surface area contributed by atoms with Crippen molar-refractivity contribution in [2.75, 3.05) is 18.4 Å². The zero-order chi connectivity index (χ0) is 21.2. The summed E-state index contributed by atoms with van der Waals surface area (Å²) >= 11 is 0. The zero-order valence-corrected chi connectivity index (χ0v) is 17.5. The Balaban J connectivity index is 1.67. The standard InChI is InChI=1S/C25H28N4O/c1-3-29(4-2)19-20-15-17-23(18-16-20)26-25(30)28-27-24(21-11-7-5-8-12-21)22-13-9-6-10-14-22/h5-18H,3-4,19H2,1-2H3,(H2,26,28,30). The molecule has 0 aliphatic carbocycles. The Morgan fingerprint density at radius 3 is 1.83 bits per heavy atom. The number of anilines is 1. The molecule has 0 saturated heterocycles. The van der Waals surface area contributed by atoms with Crippen molar-refractivity contribution in [1.29, 1.82) is 0 Å². The molecule has 0 aliphatic rings. The van der Waals surface area contributed by atoms with Crippen molar-refractivity contribution in [2.24, 2.45) is 5.10 Å². The molecule has 0 saturated carbocycles. The predicted molar refractivity (Wildman–Crippen MR) is 124 cm³/mol. The van der Waals surface area contributed by atoms with Crippen molar-refractivity contribution in [1.82, 2.24) is 10.3 Å². The van der Waals surface area contributed by atoms with E-state index in [1.54, 1.807) is 0 Å². The van der Waals surface area contributed by atoms with Crippen LogP contribution >= 0.6 is 0 Å². The van der Waals surface area contributed by atoms with Gasteiger partial charge in [-0.15, -0.1) is 0 Å². The number of urea groups is 1. The Kier molecular flexibility index (Phi) is 7.75. The van der Waals surface area contributed by atoms with Crippen molar-refractivity contribution in [2.45, 2.75) is 20.4 Å². The number of nitrogens with one attached hydrogen (secondary N) is 2. The number of amides is 2. The number of hydrazone groups is 1. The molecule has 3 rings (SSSR count). The van der Waals surface area contributed by atoms with Crippen LogP contribution in [0.25, 0.3) is 0 Å². The molecule has 5 heteroatoms. The second kappa shape index (κ2) is 10.9. The third-order valence-electron chi connectivity index (χ3n) is 4.88. The van der Waals surface area contributed by atoms with E-state index in [0.717, 1.165) is 36.4 Å². The summed E-state index contributed by atoms with van der Waals surface area (Å²) in [5, 5.41) is 7.23. The van der Waals surface area contributed by atoms with Crippen LogP contribution in [0.15, 0.2) is 90.0 Å². The number of hydrogen-bond donors (Lipinski definition) is 2. The molecule has 3 aromatic rings. The van der Waals surface area contributed by atoms with E-state index in [1.807, 2.05) is 84.9 Å². The summed E-state index contributed by atoms with van der Waals surface area (Å²) < 4.78 is 0. The topological polar surface area (TPSA) is 56.7 Å². The second-order valence-electron chi connectivity index (χ2n) is 6.92. The van der Waals surface area contributed by atoms with Gasteiger partial charge in [-0.2, -0.15) is 5.10 Å². The molecule has 30 heavy (non-hydrogen) atoms. The van der Waals surface area contributed by atoms with E-state index in [9.17, 15) is 4.79 Å². The van der Waals surface area contributed by atoms with Crippen molar-refractivity contribution in [3.63, 3.8) is 0 Å². The first kappa shape index (κ1) is 21.3. The van der Waals surface area contributed by atoms with Gasteiger partial charge in [0.25, 0.3) is 0 Å². The minimum Gasteiger partial charge on any atom is -0.307 e. The van der Waals surface area contributed by atoms with Crippen molar-refractivity contribution >= 4 is 17.4 Å². The quantitative estimate of drug-likeness (QED) is 0.408. The van der Waals surface area contributed by atoms with Gasteiger partial charge >= 0.3 is 6.03 Å². The Labute approximate surface area is 178 Å². The highest BCUT2D eigenvalue weighted by Crippen LogP contribution is 2.12. The van der Waals surface area contributed by atoms with Crippen LogP contribution in [-0.4, -0.2) is 29.7 Å². The molecule has 0 heterocycles. The molecule has 2 N–H and O–H groups in total. The van der Waals surface area contributed by atoms with Crippen LogP contribution in [0.5, 0.6) is 0 Å². The molecule has 5 nitrogen and oxygen atoms in total. The highest BCUT2D eigenvalue weighted by Gasteiger charge is 2.08. The summed E-state index contributed by atoms with van der Waals surface area (Å²) in [4.78, 5) is 14.7. The maximum absolute atomic E-state index is 12.4. The molecule has 154 valence electrons. The van der Waals surface area contributed by atoms with Crippen LogP contribution in [0.3, 0.4) is 0 Å². The number of nitrogens with zero attached hydrogens (tertiary/aromatic N) is 2. The molecule has 0 bridgehead atoms. The van der Waals surface area contributed by atoms with Crippen molar-refractivity contribution < 1.29 is 4.79 Å². The maximum Gasteiger partial charge on any atom is 0.339 e. The molecule has 0 unspecified atom stereocenters. The van der Waals surface area contributed by atoms with Gasteiger partial charge in [0.1, 0.15) is 0 Å². The fourth-order valence-corrected chi connectivity index (χ4v) is 3.15. The second-order valence-corrected chi connectivity index (χ2v) is 6.92. The van der Waals surface area contributed by atoms with Gasteiger partial charge in [0.2, 0.25) is 0 Å². The van der Waals surface area contributed by atoms with Gasteiger partial charge < -0.3 is 5.32 Å². The minimum atomic E-state index is -0.379. The molecule has 2 amide bonds. The van der Waals surface area contributed by atoms with Gasteiger partial charge in [-0.1, -0.05) is 86.6 Å². The summed E-state index contributed by atoms with van der Waals surface area (Å²) in [6.45, 7) is 7.25. The molecular weight excluding hydrogens is 372 g/mol. The van der Waals surface area contributed by atoms with Gasteiger partial charge in [0.05, 0.1) is 5.71 Å². The SMILES string of the molecule is CCN(CC)Cc1ccc(NC(=O)NN=C(c2ccccc2)c2ccccc2)cc1. The third kappa shape index (κ3) is 6.03. The Morgan fingerprint density at radius 1 is 0.800 bits per heavy atom. The van der Waals surface area contributed by atoms with E-state index in [-0.39, 0.29) is 6.03 Å². The average molecular weight is 401 g/mol. The summed E-state index contributed by atoms with van der Waals surface area (Å²) in [7, 11) is 0. The highest BCUT2D eigenvalue weighted by molar-refractivity contribution is 6.13.